The third-order valence-electron chi connectivity index (χ3n) is 3.73. The maximum atomic E-state index is 12.1. The Labute approximate surface area is 127 Å². The first-order chi connectivity index (χ1) is 9.66. The highest BCUT2D eigenvalue weighted by molar-refractivity contribution is 7.90. The summed E-state index contributed by atoms with van der Waals surface area (Å²) in [4.78, 5) is 12.1. The molecule has 1 aliphatic carbocycles. The molecule has 0 radical (unpaired) electrons. The summed E-state index contributed by atoms with van der Waals surface area (Å²) < 4.78 is 26.1. The van der Waals surface area contributed by atoms with Gasteiger partial charge in [0.05, 0.1) is 5.75 Å². The number of amides is 1. The molecule has 0 heterocycles. The van der Waals surface area contributed by atoms with Crippen LogP contribution in [-0.2, 0) is 22.9 Å². The van der Waals surface area contributed by atoms with E-state index in [-0.39, 0.29) is 11.2 Å². The number of nitrogens with one attached hydrogen (secondary N) is 1. The van der Waals surface area contributed by atoms with E-state index in [4.69, 9.17) is 0 Å². The lowest BCUT2D eigenvalue weighted by atomic mass is 9.94. The molecule has 0 saturated heterocycles. The van der Waals surface area contributed by atoms with E-state index in [9.17, 15) is 13.2 Å². The molecule has 1 aromatic carbocycles. The smallest absolute Gasteiger partial charge is 0.264 e. The number of hydrogen-bond acceptors (Lipinski definition) is 3. The van der Waals surface area contributed by atoms with Crippen LogP contribution >= 0.6 is 0 Å². The first-order valence-electron chi connectivity index (χ1n) is 7.33. The molecule has 1 aliphatic rings. The fourth-order valence-electron chi connectivity index (χ4n) is 2.40. The Morgan fingerprint density at radius 2 is 1.86 bits per heavy atom. The Morgan fingerprint density at radius 1 is 1.19 bits per heavy atom. The second kappa shape index (κ2) is 5.79. The minimum atomic E-state index is -3.58. The van der Waals surface area contributed by atoms with Crippen molar-refractivity contribution >= 4 is 15.9 Å². The van der Waals surface area contributed by atoms with Crippen molar-refractivity contribution in [2.45, 2.75) is 46.5 Å². The number of fused-ring (bicyclic) bond motifs is 1. The van der Waals surface area contributed by atoms with Gasteiger partial charge in [-0.3, -0.25) is 4.79 Å². The summed E-state index contributed by atoms with van der Waals surface area (Å²) in [7, 11) is -3.58. The summed E-state index contributed by atoms with van der Waals surface area (Å²) in [5, 5.41) is 0. The number of sulfonamides is 1. The molecule has 0 aromatic heterocycles. The normalized spacial score (nSPS) is 14.8. The van der Waals surface area contributed by atoms with Gasteiger partial charge in [-0.1, -0.05) is 26.8 Å². The van der Waals surface area contributed by atoms with Crippen LogP contribution in [0.15, 0.2) is 18.2 Å². The molecular formula is C16H23NO3S. The number of aryl methyl sites for hydroxylation is 2. The van der Waals surface area contributed by atoms with E-state index in [0.717, 1.165) is 24.8 Å². The van der Waals surface area contributed by atoms with Gasteiger partial charge in [-0.25, -0.2) is 13.1 Å². The van der Waals surface area contributed by atoms with Gasteiger partial charge in [0, 0.05) is 5.56 Å². The maximum Gasteiger partial charge on any atom is 0.264 e. The van der Waals surface area contributed by atoms with Crippen molar-refractivity contribution in [3.8, 4) is 0 Å². The summed E-state index contributed by atoms with van der Waals surface area (Å²) in [6.45, 7) is 5.93. The molecule has 1 aromatic rings. The van der Waals surface area contributed by atoms with Gasteiger partial charge in [0.15, 0.2) is 0 Å². The van der Waals surface area contributed by atoms with Crippen LogP contribution in [0.4, 0.5) is 0 Å². The molecule has 2 rings (SSSR count). The molecule has 1 N–H and O–H groups in total. The van der Waals surface area contributed by atoms with Crippen molar-refractivity contribution in [3.05, 3.63) is 34.9 Å². The van der Waals surface area contributed by atoms with Gasteiger partial charge in [-0.15, -0.1) is 0 Å². The van der Waals surface area contributed by atoms with Crippen LogP contribution in [0.3, 0.4) is 0 Å². The van der Waals surface area contributed by atoms with Crippen LogP contribution < -0.4 is 4.72 Å². The Balaban J connectivity index is 2.04. The van der Waals surface area contributed by atoms with Crippen molar-refractivity contribution in [2.75, 3.05) is 5.75 Å². The van der Waals surface area contributed by atoms with Gasteiger partial charge in [0.2, 0.25) is 10.0 Å². The van der Waals surface area contributed by atoms with E-state index in [1.807, 2.05) is 32.9 Å². The Kier molecular flexibility index (Phi) is 4.42. The molecule has 0 spiro atoms. The van der Waals surface area contributed by atoms with Crippen LogP contribution in [0.2, 0.25) is 0 Å². The van der Waals surface area contributed by atoms with E-state index >= 15 is 0 Å². The van der Waals surface area contributed by atoms with Crippen molar-refractivity contribution in [2.24, 2.45) is 5.41 Å². The average molecular weight is 309 g/mol. The molecule has 0 saturated carbocycles. The molecular weight excluding hydrogens is 286 g/mol. The van der Waals surface area contributed by atoms with Gasteiger partial charge < -0.3 is 0 Å². The fourth-order valence-corrected chi connectivity index (χ4v) is 3.79. The van der Waals surface area contributed by atoms with Gasteiger partial charge in [-0.05, 0) is 54.4 Å². The van der Waals surface area contributed by atoms with Gasteiger partial charge in [-0.2, -0.15) is 0 Å². The second-order valence-electron chi connectivity index (χ2n) is 6.90. The van der Waals surface area contributed by atoms with Crippen LogP contribution in [0.1, 0.15) is 55.1 Å². The third kappa shape index (κ3) is 4.56. The summed E-state index contributed by atoms with van der Waals surface area (Å²) >= 11 is 0. The van der Waals surface area contributed by atoms with Crippen molar-refractivity contribution in [1.29, 1.82) is 0 Å². The zero-order valence-corrected chi connectivity index (χ0v) is 13.7. The average Bonchev–Trinajstić information content (AvgIpc) is 2.82. The summed E-state index contributed by atoms with van der Waals surface area (Å²) in [5.41, 5.74) is 2.78. The van der Waals surface area contributed by atoms with Crippen molar-refractivity contribution in [1.82, 2.24) is 4.72 Å². The first-order valence-corrected chi connectivity index (χ1v) is 8.98. The highest BCUT2D eigenvalue weighted by Crippen LogP contribution is 2.23. The predicted molar refractivity (Wildman–Crippen MR) is 83.8 cm³/mol. The standard InChI is InChI=1S/C16H23NO3S/c1-16(2,3)9-10-21(19,20)17-15(18)14-8-7-12-5-4-6-13(12)11-14/h7-8,11H,4-6,9-10H2,1-3H3,(H,17,18). The summed E-state index contributed by atoms with van der Waals surface area (Å²) in [6.07, 6.45) is 3.62. The van der Waals surface area contributed by atoms with Crippen LogP contribution in [0.5, 0.6) is 0 Å². The lowest BCUT2D eigenvalue weighted by molar-refractivity contribution is 0.0981. The summed E-state index contributed by atoms with van der Waals surface area (Å²) in [5.74, 6) is -0.564. The molecule has 4 nitrogen and oxygen atoms in total. The van der Waals surface area contributed by atoms with Crippen molar-refractivity contribution in [3.63, 3.8) is 0 Å². The minimum Gasteiger partial charge on any atom is -0.268 e. The molecule has 0 atom stereocenters. The molecule has 5 heteroatoms. The minimum absolute atomic E-state index is 0.0345. The lowest BCUT2D eigenvalue weighted by Crippen LogP contribution is -2.33. The first kappa shape index (κ1) is 16.0. The van der Waals surface area contributed by atoms with E-state index in [2.05, 4.69) is 4.72 Å². The number of carbonyl (C=O) groups is 1. The van der Waals surface area contributed by atoms with Crippen LogP contribution in [-0.4, -0.2) is 20.1 Å². The highest BCUT2D eigenvalue weighted by Gasteiger charge is 2.21. The molecule has 1 amide bonds. The molecule has 0 unspecified atom stereocenters. The van der Waals surface area contributed by atoms with Crippen LogP contribution in [0, 0.1) is 5.41 Å². The van der Waals surface area contributed by atoms with E-state index in [1.165, 1.54) is 5.56 Å². The maximum absolute atomic E-state index is 12.1. The highest BCUT2D eigenvalue weighted by atomic mass is 32.2. The largest absolute Gasteiger partial charge is 0.268 e. The predicted octanol–water partition coefficient (Wildman–Crippen LogP) is 2.67. The monoisotopic (exact) mass is 309 g/mol. The topological polar surface area (TPSA) is 63.2 Å². The Morgan fingerprint density at radius 3 is 2.52 bits per heavy atom. The molecule has 0 aliphatic heterocycles. The third-order valence-corrected chi connectivity index (χ3v) is 4.97. The fraction of sp³-hybridized carbons (Fsp3) is 0.562. The molecule has 0 bridgehead atoms. The molecule has 116 valence electrons. The quantitative estimate of drug-likeness (QED) is 0.930. The zero-order valence-electron chi connectivity index (χ0n) is 12.9. The number of carbonyl (C=O) groups excluding carboxylic acids is 1. The number of hydrogen-bond donors (Lipinski definition) is 1. The Hall–Kier alpha value is -1.36. The van der Waals surface area contributed by atoms with E-state index in [0.29, 0.717) is 12.0 Å². The lowest BCUT2D eigenvalue weighted by Gasteiger charge is -2.17. The summed E-state index contributed by atoms with van der Waals surface area (Å²) in [6, 6.07) is 5.45. The van der Waals surface area contributed by atoms with E-state index < -0.39 is 15.9 Å². The van der Waals surface area contributed by atoms with Crippen LogP contribution in [0.25, 0.3) is 0 Å². The SMILES string of the molecule is CC(C)(C)CCS(=O)(=O)NC(=O)c1ccc2c(c1)CCC2. The molecule has 21 heavy (non-hydrogen) atoms. The number of rotatable bonds is 4. The second-order valence-corrected chi connectivity index (χ2v) is 8.74. The zero-order chi connectivity index (χ0) is 15.7. The van der Waals surface area contributed by atoms with Gasteiger partial charge in [0.1, 0.15) is 0 Å². The number of benzene rings is 1. The molecule has 0 fully saturated rings. The van der Waals surface area contributed by atoms with Crippen molar-refractivity contribution < 1.29 is 13.2 Å². The Bertz CT molecular complexity index is 642. The van der Waals surface area contributed by atoms with E-state index in [1.54, 1.807) is 6.07 Å². The van der Waals surface area contributed by atoms with Gasteiger partial charge in [0.25, 0.3) is 5.91 Å². The van der Waals surface area contributed by atoms with Gasteiger partial charge >= 0.3 is 0 Å².